The van der Waals surface area contributed by atoms with Crippen molar-refractivity contribution >= 4 is 15.9 Å². The molecule has 0 saturated carbocycles. The fourth-order valence-electron chi connectivity index (χ4n) is 4.99. The molecule has 9 nitrogen and oxygen atoms in total. The third-order valence-electron chi connectivity index (χ3n) is 7.10. The maximum absolute atomic E-state index is 13.1. The van der Waals surface area contributed by atoms with Gasteiger partial charge in [-0.15, -0.1) is 0 Å². The summed E-state index contributed by atoms with van der Waals surface area (Å²) in [7, 11) is 1.58. The van der Waals surface area contributed by atoms with E-state index in [9.17, 15) is 13.2 Å². The molecule has 2 aliphatic heterocycles. The standard InChI is InChI=1S/C25H42N4O5S/c1-20-15-23(33-5)16-21(2)25(20)35(31,32)27(4)13-14-34-19-24(30)29-8-6-7-22(18-29)17-28-11-9-26(3)10-12-28/h15-16,22H,6-14,17-19H2,1-5H3. The summed E-state index contributed by atoms with van der Waals surface area (Å²) >= 11 is 0. The lowest BCUT2D eigenvalue weighted by atomic mass is 9.97. The van der Waals surface area contributed by atoms with Crippen molar-refractivity contribution in [2.45, 2.75) is 31.6 Å². The van der Waals surface area contributed by atoms with Gasteiger partial charge in [-0.2, -0.15) is 4.31 Å². The van der Waals surface area contributed by atoms with Gasteiger partial charge in [-0.3, -0.25) is 4.79 Å². The maximum Gasteiger partial charge on any atom is 0.248 e. The van der Waals surface area contributed by atoms with Crippen LogP contribution in [-0.4, -0.2) is 120 Å². The minimum Gasteiger partial charge on any atom is -0.497 e. The summed E-state index contributed by atoms with van der Waals surface area (Å²) < 4.78 is 38.4. The largest absolute Gasteiger partial charge is 0.497 e. The summed E-state index contributed by atoms with van der Waals surface area (Å²) in [4.78, 5) is 19.8. The number of carbonyl (C=O) groups excluding carboxylic acids is 1. The number of carbonyl (C=O) groups is 1. The Balaban J connectivity index is 1.44. The summed E-state index contributed by atoms with van der Waals surface area (Å²) in [5.41, 5.74) is 1.28. The molecule has 0 radical (unpaired) electrons. The molecule has 2 fully saturated rings. The van der Waals surface area contributed by atoms with Crippen molar-refractivity contribution in [2.75, 3.05) is 86.8 Å². The Labute approximate surface area is 211 Å². The van der Waals surface area contributed by atoms with Gasteiger partial charge in [-0.05, 0) is 62.9 Å². The van der Waals surface area contributed by atoms with Crippen LogP contribution < -0.4 is 4.74 Å². The number of likely N-dealkylation sites (tertiary alicyclic amines) is 1. The SMILES string of the molecule is COc1cc(C)c(S(=O)(=O)N(C)CCOCC(=O)N2CCCC(CN3CCN(C)CC3)C2)c(C)c1. The highest BCUT2D eigenvalue weighted by molar-refractivity contribution is 7.89. The number of likely N-dealkylation sites (N-methyl/N-ethyl adjacent to an activating group) is 2. The summed E-state index contributed by atoms with van der Waals surface area (Å²) in [5, 5.41) is 0. The second kappa shape index (κ2) is 12.5. The maximum atomic E-state index is 13.1. The third kappa shape index (κ3) is 7.39. The fraction of sp³-hybridized carbons (Fsp3) is 0.720. The summed E-state index contributed by atoms with van der Waals surface area (Å²) in [6.07, 6.45) is 2.18. The molecule has 0 spiro atoms. The number of rotatable bonds is 10. The van der Waals surface area contributed by atoms with Gasteiger partial charge < -0.3 is 24.2 Å². The van der Waals surface area contributed by atoms with Crippen molar-refractivity contribution in [3.8, 4) is 5.75 Å². The van der Waals surface area contributed by atoms with Crippen LogP contribution in [0.4, 0.5) is 0 Å². The van der Waals surface area contributed by atoms with Crippen molar-refractivity contribution in [1.82, 2.24) is 19.0 Å². The fourth-order valence-corrected chi connectivity index (χ4v) is 6.55. The smallest absolute Gasteiger partial charge is 0.248 e. The number of ether oxygens (including phenoxy) is 2. The predicted molar refractivity (Wildman–Crippen MR) is 136 cm³/mol. The Hall–Kier alpha value is -1.72. The predicted octanol–water partition coefficient (Wildman–Crippen LogP) is 1.44. The van der Waals surface area contributed by atoms with E-state index in [-0.39, 0.29) is 30.6 Å². The molecule has 10 heteroatoms. The van der Waals surface area contributed by atoms with Crippen LogP contribution in [0.1, 0.15) is 24.0 Å². The van der Waals surface area contributed by atoms with Crippen molar-refractivity contribution in [3.63, 3.8) is 0 Å². The molecule has 198 valence electrons. The Morgan fingerprint density at radius 2 is 1.77 bits per heavy atom. The van der Waals surface area contributed by atoms with Crippen LogP contribution in [0.2, 0.25) is 0 Å². The van der Waals surface area contributed by atoms with Gasteiger partial charge in [0.2, 0.25) is 15.9 Å². The van der Waals surface area contributed by atoms with Crippen molar-refractivity contribution in [1.29, 1.82) is 0 Å². The zero-order valence-electron chi connectivity index (χ0n) is 22.0. The number of hydrogen-bond acceptors (Lipinski definition) is 7. The van der Waals surface area contributed by atoms with E-state index in [0.29, 0.717) is 22.8 Å². The van der Waals surface area contributed by atoms with Crippen molar-refractivity contribution < 1.29 is 22.7 Å². The molecule has 3 rings (SSSR count). The van der Waals surface area contributed by atoms with E-state index in [1.54, 1.807) is 33.1 Å². The van der Waals surface area contributed by atoms with E-state index >= 15 is 0 Å². The molecular weight excluding hydrogens is 468 g/mol. The highest BCUT2D eigenvalue weighted by atomic mass is 32.2. The van der Waals surface area contributed by atoms with E-state index in [1.807, 2.05) is 4.90 Å². The zero-order chi connectivity index (χ0) is 25.6. The molecule has 2 saturated heterocycles. The van der Waals surface area contributed by atoms with Crippen molar-refractivity contribution in [3.05, 3.63) is 23.3 Å². The van der Waals surface area contributed by atoms with E-state index < -0.39 is 10.0 Å². The second-order valence-corrected chi connectivity index (χ2v) is 11.9. The summed E-state index contributed by atoms with van der Waals surface area (Å²) in [6.45, 7) is 10.8. The minimum atomic E-state index is -3.68. The molecule has 1 atom stereocenters. The molecule has 2 heterocycles. The van der Waals surface area contributed by atoms with Gasteiger partial charge in [0.1, 0.15) is 12.4 Å². The van der Waals surface area contributed by atoms with Crippen LogP contribution in [0.15, 0.2) is 17.0 Å². The summed E-state index contributed by atoms with van der Waals surface area (Å²) in [5.74, 6) is 1.12. The molecule has 35 heavy (non-hydrogen) atoms. The van der Waals surface area contributed by atoms with Gasteiger partial charge in [0.05, 0.1) is 18.6 Å². The molecule has 1 aromatic carbocycles. The lowest BCUT2D eigenvalue weighted by Gasteiger charge is -2.38. The van der Waals surface area contributed by atoms with Gasteiger partial charge in [-0.1, -0.05) is 0 Å². The van der Waals surface area contributed by atoms with E-state index in [0.717, 1.165) is 58.7 Å². The second-order valence-electron chi connectivity index (χ2n) is 9.92. The Morgan fingerprint density at radius 3 is 2.40 bits per heavy atom. The first-order valence-electron chi connectivity index (χ1n) is 12.5. The number of aryl methyl sites for hydroxylation is 2. The quantitative estimate of drug-likeness (QED) is 0.441. The first kappa shape index (κ1) is 27.9. The average molecular weight is 511 g/mol. The summed E-state index contributed by atoms with van der Waals surface area (Å²) in [6, 6.07) is 3.44. The van der Waals surface area contributed by atoms with Gasteiger partial charge >= 0.3 is 0 Å². The number of nitrogens with zero attached hydrogens (tertiary/aromatic N) is 4. The Bertz CT molecular complexity index is 940. The number of sulfonamides is 1. The van der Waals surface area contributed by atoms with Crippen LogP contribution in [0.25, 0.3) is 0 Å². The topological polar surface area (TPSA) is 82.6 Å². The monoisotopic (exact) mass is 510 g/mol. The molecule has 2 aliphatic rings. The number of amides is 1. The van der Waals surface area contributed by atoms with Gasteiger partial charge in [0.15, 0.2) is 0 Å². The average Bonchev–Trinajstić information content (AvgIpc) is 2.82. The van der Waals surface area contributed by atoms with Gasteiger partial charge in [-0.25, -0.2) is 8.42 Å². The molecule has 1 unspecified atom stereocenters. The van der Waals surface area contributed by atoms with Crippen LogP contribution in [0, 0.1) is 19.8 Å². The van der Waals surface area contributed by atoms with Crippen molar-refractivity contribution in [2.24, 2.45) is 5.92 Å². The first-order chi connectivity index (χ1) is 16.6. The minimum absolute atomic E-state index is 0.0135. The number of piperazine rings is 1. The van der Waals surface area contributed by atoms with Gasteiger partial charge in [0.25, 0.3) is 0 Å². The van der Waals surface area contributed by atoms with E-state index in [4.69, 9.17) is 9.47 Å². The van der Waals surface area contributed by atoms with E-state index in [2.05, 4.69) is 16.8 Å². The Morgan fingerprint density at radius 1 is 1.11 bits per heavy atom. The Kier molecular flexibility index (Phi) is 9.94. The van der Waals surface area contributed by atoms with Crippen LogP contribution >= 0.6 is 0 Å². The van der Waals surface area contributed by atoms with Crippen LogP contribution in [0.5, 0.6) is 5.75 Å². The molecule has 0 aliphatic carbocycles. The third-order valence-corrected chi connectivity index (χ3v) is 9.26. The lowest BCUT2D eigenvalue weighted by molar-refractivity contribution is -0.138. The van der Waals surface area contributed by atoms with Gasteiger partial charge in [0, 0.05) is 59.4 Å². The lowest BCUT2D eigenvalue weighted by Crippen LogP contribution is -2.49. The zero-order valence-corrected chi connectivity index (χ0v) is 22.8. The van der Waals surface area contributed by atoms with Crippen LogP contribution in [-0.2, 0) is 19.6 Å². The van der Waals surface area contributed by atoms with Crippen LogP contribution in [0.3, 0.4) is 0 Å². The number of hydrogen-bond donors (Lipinski definition) is 0. The number of benzene rings is 1. The molecule has 1 aromatic rings. The van der Waals surface area contributed by atoms with E-state index in [1.165, 1.54) is 11.4 Å². The molecule has 0 N–H and O–H groups in total. The molecular formula is C25H42N4O5S. The molecule has 1 amide bonds. The highest BCUT2D eigenvalue weighted by Crippen LogP contribution is 2.27. The first-order valence-corrected chi connectivity index (χ1v) is 13.9. The number of piperidine rings is 1. The normalized spacial score (nSPS) is 20.4. The molecule has 0 aromatic heterocycles. The highest BCUT2D eigenvalue weighted by Gasteiger charge is 2.27. The number of methoxy groups -OCH3 is 1. The molecule has 0 bridgehead atoms.